The van der Waals surface area contributed by atoms with Gasteiger partial charge in [0, 0.05) is 22.9 Å². The van der Waals surface area contributed by atoms with Crippen molar-refractivity contribution in [3.05, 3.63) is 88.5 Å². The molecule has 6 rings (SSSR count). The van der Waals surface area contributed by atoms with Gasteiger partial charge in [0.1, 0.15) is 18.2 Å². The number of nitrogens with zero attached hydrogens (tertiary/aromatic N) is 8. The lowest BCUT2D eigenvalue weighted by atomic mass is 10.0. The van der Waals surface area contributed by atoms with Crippen molar-refractivity contribution >= 4 is 17.4 Å². The minimum Gasteiger partial charge on any atom is -0.618 e. The van der Waals surface area contributed by atoms with E-state index >= 15 is 4.39 Å². The topological polar surface area (TPSA) is 127 Å². The largest absolute Gasteiger partial charge is 0.618 e. The van der Waals surface area contributed by atoms with Crippen LogP contribution in [0.15, 0.2) is 55.2 Å². The summed E-state index contributed by atoms with van der Waals surface area (Å²) in [6.07, 6.45) is 6.95. The van der Waals surface area contributed by atoms with Crippen molar-refractivity contribution in [3.63, 3.8) is 0 Å². The fraction of sp³-hybridized carbons (Fsp3) is 0.130. The van der Waals surface area contributed by atoms with Gasteiger partial charge in [-0.15, -0.1) is 5.10 Å². The fourth-order valence-electron chi connectivity index (χ4n) is 4.61. The lowest BCUT2D eigenvalue weighted by Crippen LogP contribution is -2.34. The first-order chi connectivity index (χ1) is 17.4. The second-order valence-electron chi connectivity index (χ2n) is 8.31. The highest BCUT2D eigenvalue weighted by atomic mass is 35.5. The third-order valence-electron chi connectivity index (χ3n) is 6.21. The van der Waals surface area contributed by atoms with Crippen LogP contribution in [0.4, 0.5) is 14.6 Å². The molecule has 0 amide bonds. The van der Waals surface area contributed by atoms with Crippen LogP contribution in [0, 0.1) is 17.0 Å². The Labute approximate surface area is 207 Å². The van der Waals surface area contributed by atoms with Crippen molar-refractivity contribution in [2.24, 2.45) is 0 Å². The van der Waals surface area contributed by atoms with Crippen molar-refractivity contribution in [1.29, 1.82) is 0 Å². The van der Waals surface area contributed by atoms with E-state index in [1.54, 1.807) is 23.0 Å². The number of pyridine rings is 2. The molecule has 2 N–H and O–H groups in total. The molecule has 0 spiro atoms. The molecule has 0 aliphatic heterocycles. The van der Waals surface area contributed by atoms with E-state index in [0.29, 0.717) is 35.3 Å². The Balaban J connectivity index is 1.41. The molecule has 13 heteroatoms. The van der Waals surface area contributed by atoms with Crippen LogP contribution in [-0.4, -0.2) is 35.0 Å². The molecule has 0 bridgehead atoms. The van der Waals surface area contributed by atoms with E-state index in [1.165, 1.54) is 41.6 Å². The summed E-state index contributed by atoms with van der Waals surface area (Å²) in [6.45, 7) is 0. The van der Waals surface area contributed by atoms with E-state index < -0.39 is 11.8 Å². The third-order valence-corrected chi connectivity index (χ3v) is 6.51. The Morgan fingerprint density at radius 2 is 2.03 bits per heavy atom. The summed E-state index contributed by atoms with van der Waals surface area (Å²) in [5.41, 5.74) is 8.31. The summed E-state index contributed by atoms with van der Waals surface area (Å²) in [7, 11) is 0. The van der Waals surface area contributed by atoms with Crippen LogP contribution < -0.4 is 10.5 Å². The zero-order chi connectivity index (χ0) is 25.0. The highest BCUT2D eigenvalue weighted by Crippen LogP contribution is 2.38. The van der Waals surface area contributed by atoms with E-state index in [1.807, 2.05) is 0 Å². The van der Waals surface area contributed by atoms with Crippen molar-refractivity contribution in [2.45, 2.75) is 18.9 Å². The first-order valence-corrected chi connectivity index (χ1v) is 11.2. The van der Waals surface area contributed by atoms with Gasteiger partial charge >= 0.3 is 0 Å². The van der Waals surface area contributed by atoms with Crippen LogP contribution in [0.5, 0.6) is 0 Å². The number of rotatable bonds is 4. The number of aryl methyl sites for hydroxylation is 1. The van der Waals surface area contributed by atoms with Crippen LogP contribution in [0.1, 0.15) is 23.7 Å². The molecule has 1 aliphatic carbocycles. The summed E-state index contributed by atoms with van der Waals surface area (Å²) in [4.78, 5) is 3.65. The first kappa shape index (κ1) is 22.0. The van der Waals surface area contributed by atoms with E-state index in [2.05, 4.69) is 25.6 Å². The molecule has 4 heterocycles. The van der Waals surface area contributed by atoms with Gasteiger partial charge in [-0.25, -0.2) is 9.37 Å². The quantitative estimate of drug-likeness (QED) is 0.224. The standard InChI is InChI=1S/C23H16ClF2N9O/c24-16-3-5-17(34-11-28-31-32-34)20(21(16)25)13-7-12-1-4-18(22(12)35(36)10-13)33-9-14(8-29-33)15-2-6-19(27)30-23(15)26/h2-3,5-11,18H,1,4H2,(H2,27,30). The van der Waals surface area contributed by atoms with Crippen LogP contribution in [0.3, 0.4) is 0 Å². The van der Waals surface area contributed by atoms with E-state index in [4.69, 9.17) is 17.3 Å². The second-order valence-corrected chi connectivity index (χ2v) is 8.72. The minimum atomic E-state index is -0.702. The molecule has 0 radical (unpaired) electrons. The van der Waals surface area contributed by atoms with Crippen molar-refractivity contribution in [1.82, 2.24) is 35.0 Å². The summed E-state index contributed by atoms with van der Waals surface area (Å²) < 4.78 is 33.1. The van der Waals surface area contributed by atoms with Gasteiger partial charge in [0.15, 0.2) is 12.0 Å². The monoisotopic (exact) mass is 507 g/mol. The zero-order valence-electron chi connectivity index (χ0n) is 18.4. The smallest absolute Gasteiger partial charge is 0.222 e. The Morgan fingerprint density at radius 3 is 2.81 bits per heavy atom. The Kier molecular flexibility index (Phi) is 5.11. The normalized spacial score (nSPS) is 14.8. The molecule has 1 atom stereocenters. The van der Waals surface area contributed by atoms with Gasteiger partial charge in [0.05, 0.1) is 28.0 Å². The van der Waals surface area contributed by atoms with Gasteiger partial charge in [-0.2, -0.15) is 18.9 Å². The van der Waals surface area contributed by atoms with E-state index in [-0.39, 0.29) is 28.0 Å². The number of anilines is 1. The molecule has 10 nitrogen and oxygen atoms in total. The Bertz CT molecular complexity index is 1620. The van der Waals surface area contributed by atoms with E-state index in [0.717, 1.165) is 10.3 Å². The zero-order valence-corrected chi connectivity index (χ0v) is 19.1. The molecule has 0 saturated carbocycles. The molecule has 1 unspecified atom stereocenters. The molecule has 1 aliphatic rings. The number of nitrogen functional groups attached to an aromatic ring is 1. The SMILES string of the molecule is Nc1ccc(-c2cnn(C3CCc4cc(-c5c(-n6cnnn6)ccc(Cl)c5F)c[n+]([O-])c43)c2)c(F)n1. The van der Waals surface area contributed by atoms with Crippen LogP contribution in [0.25, 0.3) is 27.9 Å². The molecule has 1 aromatic carbocycles. The average molecular weight is 508 g/mol. The highest BCUT2D eigenvalue weighted by Gasteiger charge is 2.34. The van der Waals surface area contributed by atoms with Crippen molar-refractivity contribution < 1.29 is 13.5 Å². The first-order valence-electron chi connectivity index (χ1n) is 10.8. The maximum Gasteiger partial charge on any atom is 0.222 e. The lowest BCUT2D eigenvalue weighted by Gasteiger charge is -2.15. The summed E-state index contributed by atoms with van der Waals surface area (Å²) in [5, 5.41) is 28.6. The lowest BCUT2D eigenvalue weighted by molar-refractivity contribution is -0.615. The minimum absolute atomic E-state index is 0.0796. The van der Waals surface area contributed by atoms with Gasteiger partial charge in [0.25, 0.3) is 0 Å². The van der Waals surface area contributed by atoms with Crippen LogP contribution >= 0.6 is 11.6 Å². The summed E-state index contributed by atoms with van der Waals surface area (Å²) in [6, 6.07) is 7.41. The van der Waals surface area contributed by atoms with Crippen molar-refractivity contribution in [2.75, 3.05) is 5.73 Å². The molecule has 36 heavy (non-hydrogen) atoms. The summed E-state index contributed by atoms with van der Waals surface area (Å²) >= 11 is 6.06. The average Bonchev–Trinajstić information content (AvgIpc) is 3.61. The predicted molar refractivity (Wildman–Crippen MR) is 125 cm³/mol. The molecule has 0 fully saturated rings. The third kappa shape index (κ3) is 3.53. The number of hydrogen-bond donors (Lipinski definition) is 1. The number of halogens is 3. The van der Waals surface area contributed by atoms with E-state index in [9.17, 15) is 9.60 Å². The van der Waals surface area contributed by atoms with Crippen LogP contribution in [0.2, 0.25) is 5.02 Å². The molecule has 5 aromatic rings. The number of nitrogens with two attached hydrogens (primary N) is 1. The van der Waals surface area contributed by atoms with Gasteiger partial charge in [0.2, 0.25) is 11.6 Å². The Hall–Kier alpha value is -4.45. The number of hydrogen-bond acceptors (Lipinski definition) is 7. The van der Waals surface area contributed by atoms with Gasteiger partial charge < -0.3 is 10.9 Å². The fourth-order valence-corrected chi connectivity index (χ4v) is 4.77. The molecule has 0 saturated heterocycles. The number of tetrazole rings is 1. The predicted octanol–water partition coefficient (Wildman–Crippen LogP) is 3.27. The summed E-state index contributed by atoms with van der Waals surface area (Å²) in [5.74, 6) is -1.31. The molecular formula is C23H16ClF2N9O. The highest BCUT2D eigenvalue weighted by molar-refractivity contribution is 6.31. The Morgan fingerprint density at radius 1 is 1.17 bits per heavy atom. The number of aromatic nitrogens is 8. The number of benzene rings is 1. The molecule has 4 aromatic heterocycles. The van der Waals surface area contributed by atoms with Crippen molar-refractivity contribution in [3.8, 4) is 27.9 Å². The molecule has 180 valence electrons. The van der Waals surface area contributed by atoms with Crippen LogP contribution in [-0.2, 0) is 6.42 Å². The second kappa shape index (κ2) is 8.34. The number of fused-ring (bicyclic) bond motifs is 1. The molecular weight excluding hydrogens is 492 g/mol. The maximum atomic E-state index is 15.2. The van der Waals surface area contributed by atoms with Gasteiger partial charge in [-0.05, 0) is 53.6 Å². The van der Waals surface area contributed by atoms with Gasteiger partial charge in [-0.3, -0.25) is 4.68 Å². The maximum absolute atomic E-state index is 15.2. The van der Waals surface area contributed by atoms with Gasteiger partial charge in [-0.1, -0.05) is 11.6 Å².